The van der Waals surface area contributed by atoms with E-state index in [-0.39, 0.29) is 16.7 Å². The second-order valence-corrected chi connectivity index (χ2v) is 7.00. The molecule has 0 spiro atoms. The normalized spacial score (nSPS) is 23.6. The van der Waals surface area contributed by atoms with Crippen LogP contribution in [0.1, 0.15) is 31.4 Å². The topological polar surface area (TPSA) is 112 Å². The van der Waals surface area contributed by atoms with Crippen molar-refractivity contribution in [2.75, 3.05) is 6.54 Å². The van der Waals surface area contributed by atoms with Gasteiger partial charge in [0, 0.05) is 6.54 Å². The summed E-state index contributed by atoms with van der Waals surface area (Å²) in [6, 6.07) is 0. The first-order chi connectivity index (χ1) is 9.40. The van der Waals surface area contributed by atoms with Crippen molar-refractivity contribution in [3.05, 3.63) is 11.9 Å². The van der Waals surface area contributed by atoms with Gasteiger partial charge in [-0.25, -0.2) is 13.1 Å². The molecule has 0 atom stereocenters. The predicted molar refractivity (Wildman–Crippen MR) is 71.6 cm³/mol. The van der Waals surface area contributed by atoms with Crippen LogP contribution in [-0.4, -0.2) is 36.2 Å². The van der Waals surface area contributed by atoms with Crippen LogP contribution in [0.3, 0.4) is 0 Å². The Kier molecular flexibility index (Phi) is 4.44. The molecular weight excluding hydrogens is 282 g/mol. The monoisotopic (exact) mass is 301 g/mol. The van der Waals surface area contributed by atoms with Gasteiger partial charge in [0.2, 0.25) is 10.0 Å². The van der Waals surface area contributed by atoms with Crippen molar-refractivity contribution in [3.63, 3.8) is 0 Å². The quantitative estimate of drug-likeness (QED) is 0.747. The number of H-pyrrole nitrogens is 1. The summed E-state index contributed by atoms with van der Waals surface area (Å²) in [5.41, 5.74) is 0.507. The van der Waals surface area contributed by atoms with Gasteiger partial charge in [-0.3, -0.25) is 9.89 Å². The van der Waals surface area contributed by atoms with Gasteiger partial charge in [0.15, 0.2) is 0 Å². The van der Waals surface area contributed by atoms with E-state index in [1.165, 1.54) is 6.20 Å². The van der Waals surface area contributed by atoms with E-state index in [1.54, 1.807) is 6.92 Å². The van der Waals surface area contributed by atoms with E-state index in [1.807, 2.05) is 0 Å². The number of aromatic amines is 1. The molecule has 1 saturated carbocycles. The number of rotatable bonds is 5. The summed E-state index contributed by atoms with van der Waals surface area (Å²) < 4.78 is 26.7. The van der Waals surface area contributed by atoms with E-state index < -0.39 is 16.0 Å². The highest BCUT2D eigenvalue weighted by Gasteiger charge is 2.27. The first-order valence-corrected chi connectivity index (χ1v) is 8.11. The van der Waals surface area contributed by atoms with Crippen molar-refractivity contribution < 1.29 is 18.3 Å². The van der Waals surface area contributed by atoms with Crippen molar-refractivity contribution >= 4 is 16.0 Å². The Bertz CT molecular complexity index is 573. The van der Waals surface area contributed by atoms with Crippen LogP contribution in [0.2, 0.25) is 0 Å². The number of hydrogen-bond acceptors (Lipinski definition) is 4. The number of aliphatic carboxylic acids is 1. The van der Waals surface area contributed by atoms with Crippen LogP contribution in [-0.2, 0) is 14.8 Å². The van der Waals surface area contributed by atoms with Crippen LogP contribution < -0.4 is 4.72 Å². The Labute approximate surface area is 117 Å². The van der Waals surface area contributed by atoms with E-state index in [9.17, 15) is 13.2 Å². The standard InChI is InChI=1S/C12H19N3O4S/c1-8-11(7-13-15-8)20(18,19)14-6-9-2-4-10(5-3-9)12(16)17/h7,9-10,14H,2-6H2,1H3,(H,13,15)(H,16,17). The molecule has 1 aromatic rings. The van der Waals surface area contributed by atoms with E-state index >= 15 is 0 Å². The molecule has 1 fully saturated rings. The summed E-state index contributed by atoms with van der Waals surface area (Å²) in [6.07, 6.45) is 4.01. The number of nitrogens with one attached hydrogen (secondary N) is 2. The van der Waals surface area contributed by atoms with Gasteiger partial charge in [0.05, 0.1) is 17.8 Å². The van der Waals surface area contributed by atoms with E-state index in [2.05, 4.69) is 14.9 Å². The first-order valence-electron chi connectivity index (χ1n) is 6.62. The number of carbonyl (C=O) groups is 1. The van der Waals surface area contributed by atoms with Crippen LogP contribution in [0.5, 0.6) is 0 Å². The summed E-state index contributed by atoms with van der Waals surface area (Å²) >= 11 is 0. The molecule has 3 N–H and O–H groups in total. The predicted octanol–water partition coefficient (Wildman–Crippen LogP) is 0.887. The maximum Gasteiger partial charge on any atom is 0.306 e. The highest BCUT2D eigenvalue weighted by Crippen LogP contribution is 2.28. The maximum absolute atomic E-state index is 12.1. The molecule has 0 radical (unpaired) electrons. The van der Waals surface area contributed by atoms with Gasteiger partial charge in [-0.1, -0.05) is 0 Å². The molecule has 1 aliphatic carbocycles. The minimum Gasteiger partial charge on any atom is -0.481 e. The average Bonchev–Trinajstić information content (AvgIpc) is 2.84. The molecule has 7 nitrogen and oxygen atoms in total. The maximum atomic E-state index is 12.1. The van der Waals surface area contributed by atoms with Crippen molar-refractivity contribution in [2.24, 2.45) is 11.8 Å². The zero-order valence-corrected chi connectivity index (χ0v) is 12.1. The lowest BCUT2D eigenvalue weighted by molar-refractivity contribution is -0.143. The molecule has 0 aromatic carbocycles. The fourth-order valence-corrected chi connectivity index (χ4v) is 3.78. The highest BCUT2D eigenvalue weighted by molar-refractivity contribution is 7.89. The molecule has 1 heterocycles. The molecule has 0 bridgehead atoms. The van der Waals surface area contributed by atoms with Crippen LogP contribution >= 0.6 is 0 Å². The zero-order valence-electron chi connectivity index (χ0n) is 11.3. The third-order valence-electron chi connectivity index (χ3n) is 3.83. The smallest absolute Gasteiger partial charge is 0.306 e. The van der Waals surface area contributed by atoms with Gasteiger partial charge in [-0.15, -0.1) is 0 Å². The fourth-order valence-electron chi connectivity index (χ4n) is 2.53. The zero-order chi connectivity index (χ0) is 14.8. The number of sulfonamides is 1. The van der Waals surface area contributed by atoms with Gasteiger partial charge in [0.1, 0.15) is 4.90 Å². The van der Waals surface area contributed by atoms with Gasteiger partial charge in [0.25, 0.3) is 0 Å². The second-order valence-electron chi connectivity index (χ2n) is 5.27. The second kappa shape index (κ2) is 5.92. The third kappa shape index (κ3) is 3.37. The van der Waals surface area contributed by atoms with Crippen LogP contribution in [0.4, 0.5) is 0 Å². The fraction of sp³-hybridized carbons (Fsp3) is 0.667. The summed E-state index contributed by atoms with van der Waals surface area (Å²) in [5, 5.41) is 15.2. The number of nitrogens with zero attached hydrogens (tertiary/aromatic N) is 1. The number of carboxylic acids is 1. The molecular formula is C12H19N3O4S. The number of hydrogen-bond donors (Lipinski definition) is 3. The number of aromatic nitrogens is 2. The number of carboxylic acid groups (broad SMARTS) is 1. The molecule has 112 valence electrons. The molecule has 2 rings (SSSR count). The largest absolute Gasteiger partial charge is 0.481 e. The molecule has 0 unspecified atom stereocenters. The molecule has 0 amide bonds. The Morgan fingerprint density at radius 1 is 1.45 bits per heavy atom. The van der Waals surface area contributed by atoms with Crippen LogP contribution in [0.25, 0.3) is 0 Å². The van der Waals surface area contributed by atoms with E-state index in [0.717, 1.165) is 12.8 Å². The van der Waals surface area contributed by atoms with Gasteiger partial charge < -0.3 is 5.11 Å². The molecule has 20 heavy (non-hydrogen) atoms. The highest BCUT2D eigenvalue weighted by atomic mass is 32.2. The van der Waals surface area contributed by atoms with E-state index in [0.29, 0.717) is 25.1 Å². The lowest BCUT2D eigenvalue weighted by Gasteiger charge is -2.26. The van der Waals surface area contributed by atoms with Crippen molar-refractivity contribution in [1.29, 1.82) is 0 Å². The summed E-state index contributed by atoms with van der Waals surface area (Å²) in [7, 11) is -3.54. The summed E-state index contributed by atoms with van der Waals surface area (Å²) in [5.74, 6) is -0.829. The third-order valence-corrected chi connectivity index (χ3v) is 5.37. The molecule has 1 aromatic heterocycles. The summed E-state index contributed by atoms with van der Waals surface area (Å²) in [4.78, 5) is 11.0. The average molecular weight is 301 g/mol. The van der Waals surface area contributed by atoms with Crippen molar-refractivity contribution in [1.82, 2.24) is 14.9 Å². The lowest BCUT2D eigenvalue weighted by Crippen LogP contribution is -2.32. The minimum atomic E-state index is -3.54. The van der Waals surface area contributed by atoms with E-state index in [4.69, 9.17) is 5.11 Å². The Morgan fingerprint density at radius 3 is 2.60 bits per heavy atom. The van der Waals surface area contributed by atoms with Crippen molar-refractivity contribution in [2.45, 2.75) is 37.5 Å². The van der Waals surface area contributed by atoms with Crippen molar-refractivity contribution in [3.8, 4) is 0 Å². The summed E-state index contributed by atoms with van der Waals surface area (Å²) in [6.45, 7) is 2.00. The molecule has 0 aliphatic heterocycles. The van der Waals surface area contributed by atoms with Gasteiger partial charge in [-0.05, 0) is 38.5 Å². The first kappa shape index (κ1) is 15.0. The van der Waals surface area contributed by atoms with Crippen LogP contribution in [0.15, 0.2) is 11.1 Å². The van der Waals surface area contributed by atoms with Crippen LogP contribution in [0, 0.1) is 18.8 Å². The Morgan fingerprint density at radius 2 is 2.10 bits per heavy atom. The van der Waals surface area contributed by atoms with Gasteiger partial charge >= 0.3 is 5.97 Å². The molecule has 0 saturated heterocycles. The molecule has 8 heteroatoms. The number of aryl methyl sites for hydroxylation is 1. The SMILES string of the molecule is Cc1[nH]ncc1S(=O)(=O)NCC1CCC(C(=O)O)CC1. The molecule has 1 aliphatic rings. The minimum absolute atomic E-state index is 0.164. The van der Waals surface area contributed by atoms with Gasteiger partial charge in [-0.2, -0.15) is 5.10 Å². The Balaban J connectivity index is 1.88. The Hall–Kier alpha value is -1.41. The lowest BCUT2D eigenvalue weighted by atomic mass is 9.82.